The fraction of sp³-hybridized carbons (Fsp3) is 0.688. The Labute approximate surface area is 127 Å². The second-order valence-electron chi connectivity index (χ2n) is 6.16. The summed E-state index contributed by atoms with van der Waals surface area (Å²) in [6.45, 7) is 8.71. The summed E-state index contributed by atoms with van der Waals surface area (Å²) < 4.78 is 0. The summed E-state index contributed by atoms with van der Waals surface area (Å²) in [7, 11) is 0. The molecule has 0 unspecified atom stereocenters. The number of aryl methyl sites for hydroxylation is 1. The van der Waals surface area contributed by atoms with Gasteiger partial charge in [0.15, 0.2) is 0 Å². The smallest absolute Gasteiger partial charge is 0.270 e. The highest BCUT2D eigenvalue weighted by atomic mass is 16.1. The normalized spacial score (nSPS) is 15.9. The monoisotopic (exact) mass is 290 g/mol. The van der Waals surface area contributed by atoms with Gasteiger partial charge in [-0.15, -0.1) is 0 Å². The molecule has 1 aliphatic heterocycles. The first-order valence-corrected chi connectivity index (χ1v) is 7.95. The number of hydrogen-bond acceptors (Lipinski definition) is 4. The minimum Gasteiger partial charge on any atom is -0.356 e. The van der Waals surface area contributed by atoms with Crippen LogP contribution in [-0.2, 0) is 0 Å². The summed E-state index contributed by atoms with van der Waals surface area (Å²) in [5, 5.41) is 2.92. The maximum Gasteiger partial charge on any atom is 0.270 e. The third-order valence-corrected chi connectivity index (χ3v) is 3.66. The number of carbonyl (C=O) groups excluding carboxylic acids is 1. The molecule has 1 aromatic heterocycles. The molecule has 1 N–H and O–H groups in total. The fourth-order valence-electron chi connectivity index (χ4n) is 2.52. The summed E-state index contributed by atoms with van der Waals surface area (Å²) in [6.07, 6.45) is 4.94. The Bertz CT molecular complexity index is 479. The van der Waals surface area contributed by atoms with Crippen molar-refractivity contribution >= 4 is 11.7 Å². The zero-order valence-corrected chi connectivity index (χ0v) is 13.4. The van der Waals surface area contributed by atoms with Crippen molar-refractivity contribution in [2.75, 3.05) is 24.5 Å². The topological polar surface area (TPSA) is 58.1 Å². The van der Waals surface area contributed by atoms with E-state index in [9.17, 15) is 4.79 Å². The summed E-state index contributed by atoms with van der Waals surface area (Å²) in [4.78, 5) is 23.3. The van der Waals surface area contributed by atoms with Gasteiger partial charge in [0, 0.05) is 25.7 Å². The van der Waals surface area contributed by atoms with E-state index in [1.807, 2.05) is 13.0 Å². The molecule has 0 aliphatic carbocycles. The Morgan fingerprint density at radius 3 is 2.52 bits per heavy atom. The van der Waals surface area contributed by atoms with Crippen LogP contribution < -0.4 is 10.2 Å². The second kappa shape index (κ2) is 7.38. The zero-order valence-electron chi connectivity index (χ0n) is 13.4. The van der Waals surface area contributed by atoms with Gasteiger partial charge in [-0.3, -0.25) is 4.79 Å². The molecule has 0 saturated carbocycles. The Morgan fingerprint density at radius 1 is 1.24 bits per heavy atom. The molecule has 0 radical (unpaired) electrons. The SMILES string of the molecule is Cc1nc(C(=O)NCC(C)C)cc(N2CCCCCC2)n1. The average Bonchev–Trinajstić information content (AvgIpc) is 2.73. The first-order valence-electron chi connectivity index (χ1n) is 7.95. The lowest BCUT2D eigenvalue weighted by atomic mass is 10.2. The maximum absolute atomic E-state index is 12.2. The second-order valence-corrected chi connectivity index (χ2v) is 6.16. The van der Waals surface area contributed by atoms with Gasteiger partial charge in [-0.05, 0) is 25.7 Å². The molecule has 0 spiro atoms. The molecule has 21 heavy (non-hydrogen) atoms. The van der Waals surface area contributed by atoms with Gasteiger partial charge in [0.1, 0.15) is 17.3 Å². The lowest BCUT2D eigenvalue weighted by Crippen LogP contribution is -2.30. The van der Waals surface area contributed by atoms with Gasteiger partial charge in [-0.2, -0.15) is 0 Å². The van der Waals surface area contributed by atoms with Crippen molar-refractivity contribution < 1.29 is 4.79 Å². The minimum atomic E-state index is -0.106. The fourth-order valence-corrected chi connectivity index (χ4v) is 2.52. The van der Waals surface area contributed by atoms with Gasteiger partial charge < -0.3 is 10.2 Å². The van der Waals surface area contributed by atoms with Crippen molar-refractivity contribution in [1.29, 1.82) is 0 Å². The summed E-state index contributed by atoms with van der Waals surface area (Å²) in [6, 6.07) is 1.83. The molecule has 5 heteroatoms. The van der Waals surface area contributed by atoms with E-state index in [1.165, 1.54) is 25.7 Å². The number of carbonyl (C=O) groups is 1. The van der Waals surface area contributed by atoms with E-state index < -0.39 is 0 Å². The third kappa shape index (κ3) is 4.69. The molecule has 0 aromatic carbocycles. The molecular formula is C16H26N4O. The average molecular weight is 290 g/mol. The van der Waals surface area contributed by atoms with Crippen LogP contribution in [0.25, 0.3) is 0 Å². The van der Waals surface area contributed by atoms with Crippen molar-refractivity contribution in [3.05, 3.63) is 17.6 Å². The lowest BCUT2D eigenvalue weighted by molar-refractivity contribution is 0.0943. The van der Waals surface area contributed by atoms with Crippen molar-refractivity contribution in [3.63, 3.8) is 0 Å². The molecule has 1 fully saturated rings. The van der Waals surface area contributed by atoms with Crippen LogP contribution in [0.1, 0.15) is 55.8 Å². The van der Waals surface area contributed by atoms with Gasteiger partial charge >= 0.3 is 0 Å². The summed E-state index contributed by atoms with van der Waals surface area (Å²) in [5.41, 5.74) is 0.474. The van der Waals surface area contributed by atoms with Gasteiger partial charge in [0.05, 0.1) is 0 Å². The molecule has 1 aliphatic rings. The van der Waals surface area contributed by atoms with E-state index in [1.54, 1.807) is 0 Å². The van der Waals surface area contributed by atoms with E-state index in [4.69, 9.17) is 0 Å². The van der Waals surface area contributed by atoms with E-state index in [-0.39, 0.29) is 5.91 Å². The van der Waals surface area contributed by atoms with Crippen LogP contribution in [0, 0.1) is 12.8 Å². The first-order chi connectivity index (χ1) is 10.1. The van der Waals surface area contributed by atoms with Crippen molar-refractivity contribution in [2.24, 2.45) is 5.92 Å². The van der Waals surface area contributed by atoms with Crippen molar-refractivity contribution in [1.82, 2.24) is 15.3 Å². The largest absolute Gasteiger partial charge is 0.356 e. The van der Waals surface area contributed by atoms with Crippen LogP contribution in [0.2, 0.25) is 0 Å². The van der Waals surface area contributed by atoms with Gasteiger partial charge in [0.2, 0.25) is 0 Å². The minimum absolute atomic E-state index is 0.106. The third-order valence-electron chi connectivity index (χ3n) is 3.66. The molecule has 0 bridgehead atoms. The number of aromatic nitrogens is 2. The number of rotatable bonds is 4. The highest BCUT2D eigenvalue weighted by Crippen LogP contribution is 2.18. The predicted molar refractivity (Wildman–Crippen MR) is 84.6 cm³/mol. The van der Waals surface area contributed by atoms with Crippen LogP contribution in [-0.4, -0.2) is 35.5 Å². The molecule has 2 heterocycles. The molecular weight excluding hydrogens is 264 g/mol. The van der Waals surface area contributed by atoms with Crippen LogP contribution in [0.4, 0.5) is 5.82 Å². The first kappa shape index (κ1) is 15.7. The Kier molecular flexibility index (Phi) is 5.53. The van der Waals surface area contributed by atoms with E-state index >= 15 is 0 Å². The Hall–Kier alpha value is -1.65. The quantitative estimate of drug-likeness (QED) is 0.926. The number of nitrogens with one attached hydrogen (secondary N) is 1. The predicted octanol–water partition coefficient (Wildman–Crippen LogP) is 2.55. The molecule has 116 valence electrons. The summed E-state index contributed by atoms with van der Waals surface area (Å²) in [5.74, 6) is 1.87. The van der Waals surface area contributed by atoms with E-state index in [0.717, 1.165) is 18.9 Å². The van der Waals surface area contributed by atoms with E-state index in [0.29, 0.717) is 24.0 Å². The Morgan fingerprint density at radius 2 is 1.90 bits per heavy atom. The Balaban J connectivity index is 2.14. The van der Waals surface area contributed by atoms with Crippen molar-refractivity contribution in [2.45, 2.75) is 46.5 Å². The van der Waals surface area contributed by atoms with Crippen LogP contribution in [0.3, 0.4) is 0 Å². The van der Waals surface area contributed by atoms with Crippen molar-refractivity contribution in [3.8, 4) is 0 Å². The number of anilines is 1. The molecule has 1 amide bonds. The lowest BCUT2D eigenvalue weighted by Gasteiger charge is -2.22. The number of nitrogens with zero attached hydrogens (tertiary/aromatic N) is 3. The van der Waals surface area contributed by atoms with Gasteiger partial charge in [-0.1, -0.05) is 26.7 Å². The van der Waals surface area contributed by atoms with Crippen LogP contribution >= 0.6 is 0 Å². The molecule has 0 atom stereocenters. The van der Waals surface area contributed by atoms with E-state index in [2.05, 4.69) is 34.0 Å². The van der Waals surface area contributed by atoms with Gasteiger partial charge in [-0.25, -0.2) is 9.97 Å². The zero-order chi connectivity index (χ0) is 15.2. The molecule has 5 nitrogen and oxygen atoms in total. The highest BCUT2D eigenvalue weighted by molar-refractivity contribution is 5.92. The van der Waals surface area contributed by atoms with Crippen LogP contribution in [0.15, 0.2) is 6.07 Å². The standard InChI is InChI=1S/C16H26N4O/c1-12(2)11-17-16(21)14-10-15(19-13(3)18-14)20-8-6-4-5-7-9-20/h10,12H,4-9,11H2,1-3H3,(H,17,21). The van der Waals surface area contributed by atoms with Crippen LogP contribution in [0.5, 0.6) is 0 Å². The summed E-state index contributed by atoms with van der Waals surface area (Å²) >= 11 is 0. The number of amides is 1. The highest BCUT2D eigenvalue weighted by Gasteiger charge is 2.16. The maximum atomic E-state index is 12.2. The van der Waals surface area contributed by atoms with Gasteiger partial charge in [0.25, 0.3) is 5.91 Å². The molecule has 1 saturated heterocycles. The number of hydrogen-bond donors (Lipinski definition) is 1. The molecule has 2 rings (SSSR count). The molecule has 1 aromatic rings.